The monoisotopic (exact) mass is 264 g/mol. The molecule has 4 nitrogen and oxygen atoms in total. The first kappa shape index (κ1) is 10.6. The Labute approximate surface area is 104 Å². The van der Waals surface area contributed by atoms with Gasteiger partial charge in [0.2, 0.25) is 0 Å². The molecule has 0 unspecified atom stereocenters. The van der Waals surface area contributed by atoms with Crippen molar-refractivity contribution in [2.24, 2.45) is 0 Å². The van der Waals surface area contributed by atoms with E-state index in [4.69, 9.17) is 0 Å². The fourth-order valence-electron chi connectivity index (χ4n) is 1.53. The van der Waals surface area contributed by atoms with Crippen LogP contribution in [0.5, 0.6) is 0 Å². The Morgan fingerprint density at radius 1 is 1.24 bits per heavy atom. The van der Waals surface area contributed by atoms with Crippen LogP contribution < -0.4 is 0 Å². The second-order valence-corrected chi connectivity index (χ2v) is 6.13. The molecule has 0 aliphatic heterocycles. The van der Waals surface area contributed by atoms with Crippen LogP contribution in [-0.2, 0) is 16.6 Å². The third-order valence-electron chi connectivity index (χ3n) is 2.34. The third-order valence-corrected chi connectivity index (χ3v) is 5.02. The first-order valence-electron chi connectivity index (χ1n) is 4.96. The highest BCUT2D eigenvalue weighted by molar-refractivity contribution is 7.86. The van der Waals surface area contributed by atoms with Crippen LogP contribution in [0, 0.1) is 0 Å². The molecule has 0 saturated heterocycles. The molecular weight excluding hydrogens is 256 g/mol. The average molecular weight is 264 g/mol. The molecule has 0 N–H and O–H groups in total. The van der Waals surface area contributed by atoms with Crippen LogP contribution in [0.3, 0.4) is 0 Å². The summed E-state index contributed by atoms with van der Waals surface area (Å²) in [6.45, 7) is 0. The lowest BCUT2D eigenvalue weighted by Crippen LogP contribution is -1.93. The summed E-state index contributed by atoms with van der Waals surface area (Å²) in [5, 5.41) is 9.42. The van der Waals surface area contributed by atoms with Crippen LogP contribution >= 0.6 is 11.3 Å². The van der Waals surface area contributed by atoms with E-state index < -0.39 is 10.8 Å². The largest absolute Gasteiger partial charge is 0.253 e. The molecular formula is C11H8N2O2S2. The maximum absolute atomic E-state index is 12.0. The zero-order chi connectivity index (χ0) is 11.7. The Hall–Kier alpha value is -1.53. The van der Waals surface area contributed by atoms with Crippen molar-refractivity contribution < 1.29 is 8.84 Å². The number of rotatable bonds is 3. The normalized spacial score (nSPS) is 12.9. The molecule has 3 aromatic rings. The van der Waals surface area contributed by atoms with E-state index in [1.807, 2.05) is 35.7 Å². The molecule has 0 aliphatic rings. The molecule has 0 saturated carbocycles. The van der Waals surface area contributed by atoms with E-state index in [0.717, 1.165) is 15.3 Å². The van der Waals surface area contributed by atoms with Gasteiger partial charge in [-0.15, -0.1) is 11.3 Å². The molecule has 0 amide bonds. The highest BCUT2D eigenvalue weighted by atomic mass is 32.2. The zero-order valence-electron chi connectivity index (χ0n) is 8.70. The van der Waals surface area contributed by atoms with Crippen LogP contribution in [0.4, 0.5) is 0 Å². The molecule has 2 aromatic heterocycles. The summed E-state index contributed by atoms with van der Waals surface area (Å²) in [7, 11) is -0.994. The van der Waals surface area contributed by atoms with Crippen molar-refractivity contribution >= 4 is 33.2 Å². The molecule has 2 heterocycles. The highest BCUT2D eigenvalue weighted by Crippen LogP contribution is 2.19. The van der Waals surface area contributed by atoms with E-state index in [2.05, 4.69) is 14.9 Å². The van der Waals surface area contributed by atoms with Crippen LogP contribution in [0.1, 0.15) is 5.56 Å². The second-order valence-electron chi connectivity index (χ2n) is 3.51. The molecule has 0 spiro atoms. The zero-order valence-corrected chi connectivity index (χ0v) is 10.3. The van der Waals surface area contributed by atoms with E-state index in [1.54, 1.807) is 0 Å². The molecule has 0 aliphatic carbocycles. The third kappa shape index (κ3) is 2.13. The quantitative estimate of drug-likeness (QED) is 0.729. The van der Waals surface area contributed by atoms with Gasteiger partial charge >= 0.3 is 0 Å². The van der Waals surface area contributed by atoms with E-state index in [1.165, 1.54) is 11.3 Å². The summed E-state index contributed by atoms with van der Waals surface area (Å²) in [4.78, 5) is 0. The molecule has 0 radical (unpaired) electrons. The summed E-state index contributed by atoms with van der Waals surface area (Å²) in [5.74, 6) is 0.489. The van der Waals surface area contributed by atoms with Crippen LogP contribution in [0.2, 0.25) is 0 Å². The van der Waals surface area contributed by atoms with Gasteiger partial charge in [-0.1, -0.05) is 12.1 Å². The van der Waals surface area contributed by atoms with Crippen LogP contribution in [0.25, 0.3) is 11.0 Å². The van der Waals surface area contributed by atoms with Crippen molar-refractivity contribution in [2.75, 3.05) is 0 Å². The number of fused-ring (bicyclic) bond motifs is 1. The van der Waals surface area contributed by atoms with Gasteiger partial charge in [-0.25, -0.2) is 4.63 Å². The molecule has 3 rings (SSSR count). The van der Waals surface area contributed by atoms with Gasteiger partial charge in [0.05, 0.1) is 20.8 Å². The van der Waals surface area contributed by atoms with Gasteiger partial charge in [-0.05, 0) is 39.5 Å². The molecule has 0 bridgehead atoms. The lowest BCUT2D eigenvalue weighted by molar-refractivity contribution is 0.315. The predicted molar refractivity (Wildman–Crippen MR) is 66.2 cm³/mol. The number of hydrogen-bond acceptors (Lipinski definition) is 5. The van der Waals surface area contributed by atoms with Crippen molar-refractivity contribution in [3.8, 4) is 0 Å². The fourth-order valence-corrected chi connectivity index (χ4v) is 3.61. The van der Waals surface area contributed by atoms with Crippen molar-refractivity contribution in [1.29, 1.82) is 0 Å². The first-order chi connectivity index (χ1) is 8.33. The van der Waals surface area contributed by atoms with Crippen molar-refractivity contribution in [3.05, 3.63) is 41.3 Å². The minimum absolute atomic E-state index is 0.489. The fraction of sp³-hybridized carbons (Fsp3) is 0.0909. The molecule has 0 fully saturated rings. The van der Waals surface area contributed by atoms with E-state index in [-0.39, 0.29) is 0 Å². The Kier molecular flexibility index (Phi) is 2.74. The number of nitrogens with zero attached hydrogens (tertiary/aromatic N) is 2. The second kappa shape index (κ2) is 4.38. The van der Waals surface area contributed by atoms with Crippen molar-refractivity contribution in [2.45, 2.75) is 9.96 Å². The van der Waals surface area contributed by atoms with Gasteiger partial charge in [-0.3, -0.25) is 4.21 Å². The van der Waals surface area contributed by atoms with E-state index in [0.29, 0.717) is 11.3 Å². The summed E-state index contributed by atoms with van der Waals surface area (Å²) in [6, 6.07) is 9.38. The predicted octanol–water partition coefficient (Wildman–Crippen LogP) is 2.59. The van der Waals surface area contributed by atoms with Gasteiger partial charge < -0.3 is 0 Å². The van der Waals surface area contributed by atoms with Gasteiger partial charge in [-0.2, -0.15) is 0 Å². The minimum Gasteiger partial charge on any atom is -0.253 e. The van der Waals surface area contributed by atoms with Crippen LogP contribution in [0.15, 0.2) is 44.6 Å². The van der Waals surface area contributed by atoms with E-state index in [9.17, 15) is 4.21 Å². The lowest BCUT2D eigenvalue weighted by atomic mass is 10.2. The number of aromatic nitrogens is 2. The topological polar surface area (TPSA) is 56.0 Å². The number of hydrogen-bond donors (Lipinski definition) is 0. The van der Waals surface area contributed by atoms with Gasteiger partial charge in [0.1, 0.15) is 11.0 Å². The van der Waals surface area contributed by atoms with Crippen molar-refractivity contribution in [3.63, 3.8) is 0 Å². The Morgan fingerprint density at radius 3 is 2.94 bits per heavy atom. The first-order valence-corrected chi connectivity index (χ1v) is 7.16. The molecule has 86 valence electrons. The molecule has 1 aromatic carbocycles. The standard InChI is InChI=1S/C11H8N2O2S2/c14-17(11-2-1-5-16-11)7-8-3-4-9-10(6-8)13-15-12-9/h1-6H,7H2/t17-/m1/s1. The lowest BCUT2D eigenvalue weighted by Gasteiger charge is -1.99. The van der Waals surface area contributed by atoms with Crippen molar-refractivity contribution in [1.82, 2.24) is 10.3 Å². The Morgan fingerprint density at radius 2 is 2.12 bits per heavy atom. The maximum atomic E-state index is 12.0. The van der Waals surface area contributed by atoms with Gasteiger partial charge in [0.25, 0.3) is 0 Å². The van der Waals surface area contributed by atoms with E-state index >= 15 is 0 Å². The van der Waals surface area contributed by atoms with Crippen LogP contribution in [-0.4, -0.2) is 14.5 Å². The number of benzene rings is 1. The summed E-state index contributed by atoms with van der Waals surface area (Å²) < 4.78 is 17.5. The smallest absolute Gasteiger partial charge is 0.135 e. The minimum atomic E-state index is -0.994. The summed E-state index contributed by atoms with van der Waals surface area (Å²) in [6.07, 6.45) is 0. The summed E-state index contributed by atoms with van der Waals surface area (Å²) in [5.41, 5.74) is 2.39. The highest BCUT2D eigenvalue weighted by Gasteiger charge is 2.08. The number of thiophene rings is 1. The van der Waals surface area contributed by atoms with Gasteiger partial charge in [0.15, 0.2) is 0 Å². The summed E-state index contributed by atoms with van der Waals surface area (Å²) >= 11 is 1.51. The molecule has 6 heteroatoms. The van der Waals surface area contributed by atoms with Gasteiger partial charge in [0, 0.05) is 0 Å². The SMILES string of the molecule is O=[S@](Cc1ccc2nonc2c1)c1cccs1. The average Bonchev–Trinajstić information content (AvgIpc) is 2.99. The maximum Gasteiger partial charge on any atom is 0.135 e. The Bertz CT molecular complexity index is 661. The molecule has 1 atom stereocenters. The molecule has 17 heavy (non-hydrogen) atoms. The Balaban J connectivity index is 1.87.